The second-order valence-electron chi connectivity index (χ2n) is 5.92. The fourth-order valence-electron chi connectivity index (χ4n) is 2.56. The lowest BCUT2D eigenvalue weighted by atomic mass is 10.2. The van der Waals surface area contributed by atoms with Crippen LogP contribution < -0.4 is 10.1 Å². The number of ether oxygens (including phenoxy) is 2. The molecular formula is C20H23N3O3. The van der Waals surface area contributed by atoms with E-state index < -0.39 is 0 Å². The lowest BCUT2D eigenvalue weighted by Gasteiger charge is -2.26. The van der Waals surface area contributed by atoms with Crippen molar-refractivity contribution in [1.82, 2.24) is 9.88 Å². The third kappa shape index (κ3) is 5.98. The lowest BCUT2D eigenvalue weighted by molar-refractivity contribution is -0.111. The molecule has 0 saturated carbocycles. The van der Waals surface area contributed by atoms with E-state index in [1.165, 1.54) is 6.08 Å². The van der Waals surface area contributed by atoms with E-state index in [4.69, 9.17) is 9.47 Å². The fraction of sp³-hybridized carbons (Fsp3) is 0.300. The van der Waals surface area contributed by atoms with Gasteiger partial charge in [0, 0.05) is 31.8 Å². The number of nitrogens with one attached hydrogen (secondary N) is 1. The Balaban J connectivity index is 1.42. The third-order valence-electron chi connectivity index (χ3n) is 3.99. The number of nitrogens with zero attached hydrogens (tertiary/aromatic N) is 2. The predicted molar refractivity (Wildman–Crippen MR) is 101 cm³/mol. The van der Waals surface area contributed by atoms with Crippen LogP contribution in [0.2, 0.25) is 0 Å². The van der Waals surface area contributed by atoms with Crippen molar-refractivity contribution in [2.75, 3.05) is 44.8 Å². The zero-order valence-corrected chi connectivity index (χ0v) is 14.6. The van der Waals surface area contributed by atoms with Crippen molar-refractivity contribution in [3.63, 3.8) is 0 Å². The van der Waals surface area contributed by atoms with Gasteiger partial charge in [-0.15, -0.1) is 0 Å². The Labute approximate surface area is 153 Å². The molecule has 0 aliphatic carbocycles. The number of morpholine rings is 1. The lowest BCUT2D eigenvalue weighted by Crippen LogP contribution is -2.38. The van der Waals surface area contributed by atoms with E-state index >= 15 is 0 Å². The maximum Gasteiger partial charge on any atom is 0.248 e. The molecule has 0 spiro atoms. The van der Waals surface area contributed by atoms with Crippen molar-refractivity contribution in [1.29, 1.82) is 0 Å². The normalized spacial score (nSPS) is 15.1. The molecule has 1 aromatic heterocycles. The first kappa shape index (κ1) is 18.1. The van der Waals surface area contributed by atoms with E-state index in [0.29, 0.717) is 18.2 Å². The second-order valence-corrected chi connectivity index (χ2v) is 5.92. The first-order valence-corrected chi connectivity index (χ1v) is 8.73. The Morgan fingerprint density at radius 2 is 2.00 bits per heavy atom. The molecule has 0 radical (unpaired) electrons. The maximum atomic E-state index is 11.9. The van der Waals surface area contributed by atoms with Crippen molar-refractivity contribution in [3.05, 3.63) is 60.3 Å². The summed E-state index contributed by atoms with van der Waals surface area (Å²) in [5.41, 5.74) is 1.61. The van der Waals surface area contributed by atoms with Crippen LogP contribution in [0, 0.1) is 0 Å². The van der Waals surface area contributed by atoms with Gasteiger partial charge in [0.1, 0.15) is 6.61 Å². The van der Waals surface area contributed by atoms with E-state index in [0.717, 1.165) is 38.4 Å². The zero-order valence-electron chi connectivity index (χ0n) is 14.6. The molecule has 2 heterocycles. The summed E-state index contributed by atoms with van der Waals surface area (Å²) in [5, 5.41) is 2.78. The molecule has 1 N–H and O–H groups in total. The summed E-state index contributed by atoms with van der Waals surface area (Å²) in [6.45, 7) is 4.89. The summed E-state index contributed by atoms with van der Waals surface area (Å²) >= 11 is 0. The number of hydrogen-bond acceptors (Lipinski definition) is 5. The molecule has 1 aliphatic rings. The molecule has 1 aromatic carbocycles. The second kappa shape index (κ2) is 9.70. The van der Waals surface area contributed by atoms with E-state index in [9.17, 15) is 4.79 Å². The van der Waals surface area contributed by atoms with Gasteiger partial charge in [-0.1, -0.05) is 30.3 Å². The van der Waals surface area contributed by atoms with Crippen LogP contribution in [0.25, 0.3) is 6.08 Å². The molecule has 26 heavy (non-hydrogen) atoms. The first-order chi connectivity index (χ1) is 12.8. The van der Waals surface area contributed by atoms with Crippen molar-refractivity contribution >= 4 is 17.7 Å². The number of anilines is 1. The number of carbonyl (C=O) groups excluding carboxylic acids is 1. The summed E-state index contributed by atoms with van der Waals surface area (Å²) in [5.74, 6) is 0.354. The summed E-state index contributed by atoms with van der Waals surface area (Å²) in [4.78, 5) is 18.5. The van der Waals surface area contributed by atoms with E-state index in [-0.39, 0.29) is 5.91 Å². The molecule has 1 fully saturated rings. The van der Waals surface area contributed by atoms with Gasteiger partial charge in [-0.05, 0) is 17.7 Å². The zero-order chi connectivity index (χ0) is 18.0. The highest BCUT2D eigenvalue weighted by molar-refractivity contribution is 6.01. The van der Waals surface area contributed by atoms with E-state index in [1.807, 2.05) is 30.3 Å². The highest BCUT2D eigenvalue weighted by Crippen LogP contribution is 2.12. The highest BCUT2D eigenvalue weighted by atomic mass is 16.5. The van der Waals surface area contributed by atoms with Crippen LogP contribution in [-0.4, -0.2) is 55.2 Å². The van der Waals surface area contributed by atoms with Crippen LogP contribution in [-0.2, 0) is 9.53 Å². The molecular weight excluding hydrogens is 330 g/mol. The number of pyridine rings is 1. The van der Waals surface area contributed by atoms with Crippen LogP contribution in [0.5, 0.6) is 5.88 Å². The first-order valence-electron chi connectivity index (χ1n) is 8.73. The summed E-state index contributed by atoms with van der Waals surface area (Å²) in [7, 11) is 0. The minimum atomic E-state index is -0.198. The van der Waals surface area contributed by atoms with Gasteiger partial charge < -0.3 is 14.8 Å². The number of carbonyl (C=O) groups is 1. The van der Waals surface area contributed by atoms with E-state index in [2.05, 4.69) is 15.2 Å². The van der Waals surface area contributed by atoms with Gasteiger partial charge in [-0.2, -0.15) is 0 Å². The Morgan fingerprint density at radius 1 is 1.19 bits per heavy atom. The molecule has 6 nitrogen and oxygen atoms in total. The van der Waals surface area contributed by atoms with Crippen LogP contribution in [0.4, 0.5) is 5.69 Å². The van der Waals surface area contributed by atoms with E-state index in [1.54, 1.807) is 24.4 Å². The predicted octanol–water partition coefficient (Wildman–Crippen LogP) is 2.44. The van der Waals surface area contributed by atoms with Gasteiger partial charge in [0.2, 0.25) is 11.8 Å². The average molecular weight is 353 g/mol. The van der Waals surface area contributed by atoms with Crippen molar-refractivity contribution in [2.45, 2.75) is 0 Å². The van der Waals surface area contributed by atoms with Crippen molar-refractivity contribution in [3.8, 4) is 5.88 Å². The summed E-state index contributed by atoms with van der Waals surface area (Å²) < 4.78 is 11.0. The molecule has 0 atom stereocenters. The minimum Gasteiger partial charge on any atom is -0.476 e. The van der Waals surface area contributed by atoms with Gasteiger partial charge in [0.05, 0.1) is 25.1 Å². The van der Waals surface area contributed by atoms with Crippen LogP contribution in [0.1, 0.15) is 5.56 Å². The molecule has 0 bridgehead atoms. The Bertz CT molecular complexity index is 711. The van der Waals surface area contributed by atoms with Gasteiger partial charge in [-0.3, -0.25) is 9.69 Å². The number of benzene rings is 1. The molecule has 1 amide bonds. The van der Waals surface area contributed by atoms with Gasteiger partial charge in [-0.25, -0.2) is 4.98 Å². The monoisotopic (exact) mass is 353 g/mol. The van der Waals surface area contributed by atoms with Gasteiger partial charge in [0.15, 0.2) is 0 Å². The molecule has 2 aromatic rings. The summed E-state index contributed by atoms with van der Waals surface area (Å²) in [6, 6.07) is 13.2. The topological polar surface area (TPSA) is 63.7 Å². The minimum absolute atomic E-state index is 0.198. The highest BCUT2D eigenvalue weighted by Gasteiger charge is 2.09. The number of amides is 1. The Hall–Kier alpha value is -2.70. The van der Waals surface area contributed by atoms with Gasteiger partial charge in [0.25, 0.3) is 0 Å². The molecule has 1 aliphatic heterocycles. The quantitative estimate of drug-likeness (QED) is 0.775. The average Bonchev–Trinajstić information content (AvgIpc) is 2.69. The van der Waals surface area contributed by atoms with Crippen molar-refractivity contribution < 1.29 is 14.3 Å². The smallest absolute Gasteiger partial charge is 0.248 e. The molecule has 1 saturated heterocycles. The molecule has 3 rings (SSSR count). The SMILES string of the molecule is O=C(/C=C/c1ccccc1)Nc1ccc(OCCN2CCOCC2)nc1. The number of aromatic nitrogens is 1. The maximum absolute atomic E-state index is 11.9. The fourth-order valence-corrected chi connectivity index (χ4v) is 2.56. The largest absolute Gasteiger partial charge is 0.476 e. The Kier molecular flexibility index (Phi) is 6.75. The van der Waals surface area contributed by atoms with Crippen LogP contribution >= 0.6 is 0 Å². The van der Waals surface area contributed by atoms with Crippen LogP contribution in [0.3, 0.4) is 0 Å². The molecule has 136 valence electrons. The third-order valence-corrected chi connectivity index (χ3v) is 3.99. The number of hydrogen-bond donors (Lipinski definition) is 1. The number of rotatable bonds is 7. The van der Waals surface area contributed by atoms with Crippen molar-refractivity contribution in [2.24, 2.45) is 0 Å². The molecule has 6 heteroatoms. The van der Waals surface area contributed by atoms with Gasteiger partial charge >= 0.3 is 0 Å². The standard InChI is InChI=1S/C20H23N3O3/c24-19(8-6-17-4-2-1-3-5-17)22-18-7-9-20(21-16-18)26-15-12-23-10-13-25-14-11-23/h1-9,16H,10-15H2,(H,22,24)/b8-6+. The Morgan fingerprint density at radius 3 is 2.73 bits per heavy atom. The molecule has 0 unspecified atom stereocenters. The summed E-state index contributed by atoms with van der Waals surface area (Å²) in [6.07, 6.45) is 4.87. The van der Waals surface area contributed by atoms with Crippen LogP contribution in [0.15, 0.2) is 54.7 Å².